The van der Waals surface area contributed by atoms with E-state index in [0.717, 1.165) is 6.92 Å². The molecule has 1 heterocycles. The Balaban J connectivity index is 3.67. The molecule has 1 aliphatic rings. The van der Waals surface area contributed by atoms with Gasteiger partial charge in [0.1, 0.15) is 42.9 Å². The van der Waals surface area contributed by atoms with Crippen molar-refractivity contribution in [3.63, 3.8) is 0 Å². The predicted octanol–water partition coefficient (Wildman–Crippen LogP) is -0.124. The minimum Gasteiger partial charge on any atom is -0.481 e. The molecule has 222 valence electrons. The molecule has 5 unspecified atom stereocenters. The summed E-state index contributed by atoms with van der Waals surface area (Å²) in [6.45, 7) is 0.484. The number of carbonyl (C=O) groups is 3. The van der Waals surface area contributed by atoms with E-state index in [1.807, 2.05) is 0 Å². The van der Waals surface area contributed by atoms with Crippen molar-refractivity contribution in [2.75, 3.05) is 31.7 Å². The Kier molecular flexibility index (Phi) is 12.0. The van der Waals surface area contributed by atoms with Gasteiger partial charge < -0.3 is 44.6 Å². The summed E-state index contributed by atoms with van der Waals surface area (Å²) < 4.78 is 70.5. The highest BCUT2D eigenvalue weighted by molar-refractivity contribution is 7.54. The van der Waals surface area contributed by atoms with Gasteiger partial charge in [0.15, 0.2) is 5.79 Å². The van der Waals surface area contributed by atoms with E-state index in [1.165, 1.54) is 0 Å². The Labute approximate surface area is 217 Å². The van der Waals surface area contributed by atoms with Gasteiger partial charge in [-0.25, -0.2) is 0 Å². The average Bonchev–Trinajstić information content (AvgIpc) is 2.68. The minimum atomic E-state index is -5.29. The molecule has 1 fully saturated rings. The van der Waals surface area contributed by atoms with Gasteiger partial charge in [-0.15, -0.1) is 0 Å². The Morgan fingerprint density at radius 3 is 1.71 bits per heavy atom. The Morgan fingerprint density at radius 2 is 1.29 bits per heavy atom. The van der Waals surface area contributed by atoms with Gasteiger partial charge in [-0.2, -0.15) is 0 Å². The van der Waals surface area contributed by atoms with E-state index < -0.39 is 103 Å². The molecule has 0 spiro atoms. The molecule has 0 saturated carbocycles. The smallest absolute Gasteiger partial charge is 0.339 e. The lowest BCUT2D eigenvalue weighted by Crippen LogP contribution is -2.65. The standard InChI is InChI=1S/C17H31O18P3/c1-3-4-5-31-6-10-14(33-36(25,26)7-11(18)19)15(34-37(27,28)8-12(20)21)16(17(2,24)32-10)35-38(29,30)9-13(22)23/h10,14-16,24H,3-9H2,1-2H3,(H,18,19)(H,20,21)(H,22,23)(H,25,26)(H,27,28)(H,29,30)/t10-,14-,15+,16+,17?/m1/s1/i5D/t5?,10-,14-,15+,16+,17?. The normalized spacial score (nSPS) is 31.7. The first-order valence-corrected chi connectivity index (χ1v) is 16.0. The molecule has 7 N–H and O–H groups in total. The van der Waals surface area contributed by atoms with Crippen LogP contribution < -0.4 is 0 Å². The third kappa shape index (κ3) is 11.9. The summed E-state index contributed by atoms with van der Waals surface area (Å²) >= 11 is 0. The lowest BCUT2D eigenvalue weighted by molar-refractivity contribution is -0.331. The lowest BCUT2D eigenvalue weighted by atomic mass is 9.93. The molecule has 38 heavy (non-hydrogen) atoms. The van der Waals surface area contributed by atoms with Crippen molar-refractivity contribution in [1.82, 2.24) is 0 Å². The minimum absolute atomic E-state index is 0.172. The third-order valence-electron chi connectivity index (χ3n) is 4.55. The number of rotatable bonds is 17. The van der Waals surface area contributed by atoms with Gasteiger partial charge >= 0.3 is 40.7 Å². The Hall–Kier alpha value is -1.26. The van der Waals surface area contributed by atoms with Crippen molar-refractivity contribution >= 4 is 40.7 Å². The van der Waals surface area contributed by atoms with Crippen molar-refractivity contribution in [3.05, 3.63) is 0 Å². The van der Waals surface area contributed by atoms with Crippen LogP contribution in [-0.4, -0.2) is 115 Å². The fraction of sp³-hybridized carbons (Fsp3) is 0.824. The summed E-state index contributed by atoms with van der Waals surface area (Å²) in [6, 6.07) is 0. The van der Waals surface area contributed by atoms with Crippen molar-refractivity contribution in [2.24, 2.45) is 0 Å². The number of ether oxygens (including phenoxy) is 2. The van der Waals surface area contributed by atoms with Gasteiger partial charge in [-0.3, -0.25) is 41.6 Å². The molecule has 0 aliphatic carbocycles. The predicted molar refractivity (Wildman–Crippen MR) is 123 cm³/mol. The molecule has 1 aliphatic heterocycles. The average molecular weight is 617 g/mol. The molecule has 1 rings (SSSR count). The van der Waals surface area contributed by atoms with Crippen LogP contribution in [0.1, 0.15) is 28.1 Å². The van der Waals surface area contributed by atoms with Gasteiger partial charge in [0.05, 0.1) is 7.98 Å². The first-order valence-electron chi connectivity index (χ1n) is 11.3. The van der Waals surface area contributed by atoms with Crippen LogP contribution in [0.5, 0.6) is 0 Å². The fourth-order valence-corrected chi connectivity index (χ4v) is 6.37. The van der Waals surface area contributed by atoms with Crippen molar-refractivity contribution < 1.29 is 87.6 Å². The molecule has 0 bridgehead atoms. The molecule has 1 saturated heterocycles. The molecule has 0 amide bonds. The summed E-state index contributed by atoms with van der Waals surface area (Å²) in [7, 11) is -15.7. The van der Waals surface area contributed by atoms with E-state index in [2.05, 4.69) is 0 Å². The summed E-state index contributed by atoms with van der Waals surface area (Å²) in [5, 5.41) is 37.7. The largest absolute Gasteiger partial charge is 0.481 e. The zero-order chi connectivity index (χ0) is 30.4. The molecule has 0 aromatic rings. The summed E-state index contributed by atoms with van der Waals surface area (Å²) in [5.74, 6) is -8.40. The maximum absolute atomic E-state index is 12.5. The van der Waals surface area contributed by atoms with Crippen LogP contribution in [0.15, 0.2) is 0 Å². The van der Waals surface area contributed by atoms with E-state index in [1.54, 1.807) is 6.92 Å². The number of hydrogen-bond acceptors (Lipinski definition) is 12. The molecule has 21 heteroatoms. The topological polar surface area (TPSA) is 290 Å². The first kappa shape index (κ1) is 32.9. The fourth-order valence-electron chi connectivity index (χ4n) is 3.21. The van der Waals surface area contributed by atoms with Crippen LogP contribution >= 0.6 is 22.8 Å². The molecule has 0 radical (unpaired) electrons. The van der Waals surface area contributed by atoms with E-state index in [4.69, 9.17) is 39.7 Å². The number of carboxylic acids is 3. The number of carboxylic acid groups (broad SMARTS) is 3. The van der Waals surface area contributed by atoms with Crippen LogP contribution in [0.2, 0.25) is 0 Å². The maximum atomic E-state index is 12.5. The quantitative estimate of drug-likeness (QED) is 0.105. The molecular formula is C17H31O18P3. The monoisotopic (exact) mass is 617 g/mol. The SMILES string of the molecule is [2H]C(CCC)OC[C@H]1OC(C)(O)[C@@H](OP(=O)(O)CC(=O)O)[C@@H](OP(=O)(O)CC(=O)O)[C@@H]1OP(=O)(O)CC(=O)O. The molecule has 18 nitrogen and oxygen atoms in total. The Bertz CT molecular complexity index is 1030. The second kappa shape index (κ2) is 13.9. The van der Waals surface area contributed by atoms with Crippen LogP contribution in [0, 0.1) is 0 Å². The first-order chi connectivity index (χ1) is 17.6. The van der Waals surface area contributed by atoms with Crippen LogP contribution in [0.25, 0.3) is 0 Å². The van der Waals surface area contributed by atoms with Crippen molar-refractivity contribution in [1.29, 1.82) is 0 Å². The third-order valence-corrected chi connectivity index (χ3v) is 8.26. The zero-order valence-corrected chi connectivity index (χ0v) is 22.8. The maximum Gasteiger partial charge on any atom is 0.339 e. The second-order valence-corrected chi connectivity index (χ2v) is 13.6. The molecule has 9 atom stereocenters. The highest BCUT2D eigenvalue weighted by atomic mass is 31.2. The van der Waals surface area contributed by atoms with E-state index in [9.17, 15) is 47.9 Å². The highest BCUT2D eigenvalue weighted by Gasteiger charge is 2.59. The Morgan fingerprint density at radius 1 is 0.868 bits per heavy atom. The number of aliphatic carboxylic acids is 3. The van der Waals surface area contributed by atoms with E-state index in [-0.39, 0.29) is 6.42 Å². The van der Waals surface area contributed by atoms with Gasteiger partial charge in [-0.1, -0.05) is 13.3 Å². The zero-order valence-electron chi connectivity index (χ0n) is 21.1. The van der Waals surface area contributed by atoms with Gasteiger partial charge in [-0.05, 0) is 13.3 Å². The van der Waals surface area contributed by atoms with Crippen LogP contribution in [0.4, 0.5) is 0 Å². The summed E-state index contributed by atoms with van der Waals surface area (Å²) in [5.41, 5.74) is 0. The second-order valence-electron chi connectivity index (χ2n) is 8.23. The van der Waals surface area contributed by atoms with Crippen LogP contribution in [0.3, 0.4) is 0 Å². The molecule has 0 aromatic heterocycles. The van der Waals surface area contributed by atoms with Crippen molar-refractivity contribution in [3.8, 4) is 0 Å². The summed E-state index contributed by atoms with van der Waals surface area (Å²) in [6.07, 6.45) is -13.0. The molecular weight excluding hydrogens is 585 g/mol. The number of aliphatic hydroxyl groups is 1. The van der Waals surface area contributed by atoms with Crippen molar-refractivity contribution in [2.45, 2.75) is 56.9 Å². The lowest BCUT2D eigenvalue weighted by Gasteiger charge is -2.49. The van der Waals surface area contributed by atoms with Gasteiger partial charge in [0.25, 0.3) is 0 Å². The van der Waals surface area contributed by atoms with E-state index >= 15 is 0 Å². The summed E-state index contributed by atoms with van der Waals surface area (Å²) in [4.78, 5) is 63.3. The number of hydrogen-bond donors (Lipinski definition) is 7. The van der Waals surface area contributed by atoms with E-state index in [0.29, 0.717) is 6.42 Å². The highest BCUT2D eigenvalue weighted by Crippen LogP contribution is 2.54. The molecule has 0 aromatic carbocycles. The van der Waals surface area contributed by atoms with Gasteiger partial charge in [0.2, 0.25) is 0 Å². The van der Waals surface area contributed by atoms with Gasteiger partial charge in [0, 0.05) is 6.58 Å². The van der Waals surface area contributed by atoms with Crippen LogP contribution in [-0.2, 0) is 51.1 Å².